The van der Waals surface area contributed by atoms with Gasteiger partial charge in [0.1, 0.15) is 5.82 Å². The first kappa shape index (κ1) is 12.1. The lowest BCUT2D eigenvalue weighted by molar-refractivity contribution is 0.234. The van der Waals surface area contributed by atoms with E-state index >= 15 is 0 Å². The summed E-state index contributed by atoms with van der Waals surface area (Å²) in [6.45, 7) is 3.79. The van der Waals surface area contributed by atoms with E-state index in [0.29, 0.717) is 0 Å². The molecule has 0 fully saturated rings. The van der Waals surface area contributed by atoms with Gasteiger partial charge in [-0.05, 0) is 43.1 Å². The number of aliphatic hydroxyl groups excluding tert-OH is 1. The number of nitrogens with one attached hydrogen (secondary N) is 1. The topological polar surface area (TPSA) is 32.3 Å². The van der Waals surface area contributed by atoms with E-state index in [2.05, 4.69) is 5.32 Å². The molecule has 0 radical (unpaired) electrons. The van der Waals surface area contributed by atoms with Gasteiger partial charge in [-0.1, -0.05) is 19.1 Å². The van der Waals surface area contributed by atoms with Crippen LogP contribution in [0.2, 0.25) is 0 Å². The Morgan fingerprint density at radius 1 is 1.47 bits per heavy atom. The molecule has 3 heteroatoms. The fraction of sp³-hybridized carbons (Fsp3) is 0.500. The largest absolute Gasteiger partial charge is 0.396 e. The standard InChI is InChI=1S/C12H18FNO/c1-10(9-15)8-14-6-5-11-3-2-4-12(13)7-11/h2-4,7,10,14-15H,5-6,8-9H2,1H3. The quantitative estimate of drug-likeness (QED) is 0.700. The van der Waals surface area contributed by atoms with E-state index in [-0.39, 0.29) is 18.3 Å². The Bertz CT molecular complexity index is 291. The van der Waals surface area contributed by atoms with Gasteiger partial charge in [0.25, 0.3) is 0 Å². The van der Waals surface area contributed by atoms with E-state index in [1.54, 1.807) is 12.1 Å². The third-order valence-corrected chi connectivity index (χ3v) is 2.28. The molecule has 84 valence electrons. The minimum atomic E-state index is -0.184. The van der Waals surface area contributed by atoms with Crippen LogP contribution in [0.1, 0.15) is 12.5 Å². The van der Waals surface area contributed by atoms with Crippen molar-refractivity contribution in [1.29, 1.82) is 0 Å². The number of hydrogen-bond donors (Lipinski definition) is 2. The summed E-state index contributed by atoms with van der Waals surface area (Å²) in [4.78, 5) is 0. The zero-order valence-corrected chi connectivity index (χ0v) is 9.04. The van der Waals surface area contributed by atoms with E-state index in [0.717, 1.165) is 25.1 Å². The Morgan fingerprint density at radius 3 is 2.93 bits per heavy atom. The number of aliphatic hydroxyl groups is 1. The maximum Gasteiger partial charge on any atom is 0.123 e. The summed E-state index contributed by atoms with van der Waals surface area (Å²) >= 11 is 0. The summed E-state index contributed by atoms with van der Waals surface area (Å²) in [5.41, 5.74) is 0.999. The van der Waals surface area contributed by atoms with E-state index in [1.807, 2.05) is 13.0 Å². The molecule has 2 N–H and O–H groups in total. The molecule has 0 saturated heterocycles. The van der Waals surface area contributed by atoms with Gasteiger partial charge in [0.05, 0.1) is 0 Å². The van der Waals surface area contributed by atoms with E-state index in [1.165, 1.54) is 6.07 Å². The predicted molar refractivity (Wildman–Crippen MR) is 59.2 cm³/mol. The number of halogens is 1. The van der Waals surface area contributed by atoms with Crippen molar-refractivity contribution in [2.45, 2.75) is 13.3 Å². The smallest absolute Gasteiger partial charge is 0.123 e. The summed E-state index contributed by atoms with van der Waals surface area (Å²) in [6.07, 6.45) is 0.815. The van der Waals surface area contributed by atoms with Crippen molar-refractivity contribution in [2.75, 3.05) is 19.7 Å². The molecule has 0 spiro atoms. The molecular formula is C12H18FNO. The van der Waals surface area contributed by atoms with E-state index < -0.39 is 0 Å². The third-order valence-electron chi connectivity index (χ3n) is 2.28. The van der Waals surface area contributed by atoms with Crippen LogP contribution < -0.4 is 5.32 Å². The van der Waals surface area contributed by atoms with Crippen LogP contribution in [0.5, 0.6) is 0 Å². The molecule has 1 aromatic rings. The Hall–Kier alpha value is -0.930. The van der Waals surface area contributed by atoms with Crippen LogP contribution >= 0.6 is 0 Å². The monoisotopic (exact) mass is 211 g/mol. The molecule has 0 saturated carbocycles. The van der Waals surface area contributed by atoms with Crippen LogP contribution in [-0.4, -0.2) is 24.8 Å². The average molecular weight is 211 g/mol. The highest BCUT2D eigenvalue weighted by atomic mass is 19.1. The van der Waals surface area contributed by atoms with Crippen molar-refractivity contribution >= 4 is 0 Å². The zero-order chi connectivity index (χ0) is 11.1. The first-order valence-electron chi connectivity index (χ1n) is 5.28. The first-order valence-corrected chi connectivity index (χ1v) is 5.28. The lowest BCUT2D eigenvalue weighted by Gasteiger charge is -2.09. The van der Waals surface area contributed by atoms with Crippen molar-refractivity contribution in [3.63, 3.8) is 0 Å². The lowest BCUT2D eigenvalue weighted by Crippen LogP contribution is -2.25. The van der Waals surface area contributed by atoms with E-state index in [4.69, 9.17) is 5.11 Å². The number of rotatable bonds is 6. The van der Waals surface area contributed by atoms with Gasteiger partial charge in [-0.25, -0.2) is 4.39 Å². The summed E-state index contributed by atoms with van der Waals surface area (Å²) < 4.78 is 12.8. The number of benzene rings is 1. The van der Waals surface area contributed by atoms with Crippen LogP contribution in [-0.2, 0) is 6.42 Å². The molecule has 15 heavy (non-hydrogen) atoms. The summed E-state index contributed by atoms with van der Waals surface area (Å²) in [7, 11) is 0. The fourth-order valence-corrected chi connectivity index (χ4v) is 1.34. The number of hydrogen-bond acceptors (Lipinski definition) is 2. The minimum absolute atomic E-state index is 0.184. The molecule has 1 rings (SSSR count). The summed E-state index contributed by atoms with van der Waals surface area (Å²) in [5, 5.41) is 12.0. The van der Waals surface area contributed by atoms with Gasteiger partial charge in [0.2, 0.25) is 0 Å². The minimum Gasteiger partial charge on any atom is -0.396 e. The van der Waals surface area contributed by atoms with Crippen molar-refractivity contribution in [3.8, 4) is 0 Å². The highest BCUT2D eigenvalue weighted by Crippen LogP contribution is 2.03. The van der Waals surface area contributed by atoms with Gasteiger partial charge >= 0.3 is 0 Å². The molecule has 0 aliphatic carbocycles. The molecular weight excluding hydrogens is 193 g/mol. The van der Waals surface area contributed by atoms with Gasteiger partial charge in [-0.2, -0.15) is 0 Å². The Kier molecular flexibility index (Phi) is 5.29. The van der Waals surface area contributed by atoms with Crippen molar-refractivity contribution in [1.82, 2.24) is 5.32 Å². The molecule has 1 aromatic carbocycles. The van der Waals surface area contributed by atoms with Crippen LogP contribution in [0.3, 0.4) is 0 Å². The maximum atomic E-state index is 12.8. The van der Waals surface area contributed by atoms with Crippen molar-refractivity contribution < 1.29 is 9.50 Å². The van der Waals surface area contributed by atoms with Gasteiger partial charge in [-0.15, -0.1) is 0 Å². The van der Waals surface area contributed by atoms with Crippen LogP contribution in [0.15, 0.2) is 24.3 Å². The molecule has 0 bridgehead atoms. The fourth-order valence-electron chi connectivity index (χ4n) is 1.34. The summed E-state index contributed by atoms with van der Waals surface area (Å²) in [5.74, 6) is 0.0914. The zero-order valence-electron chi connectivity index (χ0n) is 9.04. The molecule has 0 aromatic heterocycles. The highest BCUT2D eigenvalue weighted by molar-refractivity contribution is 5.16. The van der Waals surface area contributed by atoms with Gasteiger partial charge in [0.15, 0.2) is 0 Å². The maximum absolute atomic E-state index is 12.8. The second kappa shape index (κ2) is 6.53. The van der Waals surface area contributed by atoms with Crippen molar-refractivity contribution in [2.24, 2.45) is 5.92 Å². The van der Waals surface area contributed by atoms with Crippen LogP contribution in [0.4, 0.5) is 4.39 Å². The summed E-state index contributed by atoms with van der Waals surface area (Å²) in [6, 6.07) is 6.64. The molecule has 0 amide bonds. The van der Waals surface area contributed by atoms with Crippen molar-refractivity contribution in [3.05, 3.63) is 35.6 Å². The second-order valence-corrected chi connectivity index (χ2v) is 3.87. The normalized spacial score (nSPS) is 12.7. The first-order chi connectivity index (χ1) is 7.22. The third kappa shape index (κ3) is 4.91. The molecule has 2 nitrogen and oxygen atoms in total. The Morgan fingerprint density at radius 2 is 2.27 bits per heavy atom. The lowest BCUT2D eigenvalue weighted by atomic mass is 10.1. The van der Waals surface area contributed by atoms with E-state index in [9.17, 15) is 4.39 Å². The Labute approximate surface area is 90.1 Å². The average Bonchev–Trinajstić information content (AvgIpc) is 2.24. The van der Waals surface area contributed by atoms with Gasteiger partial charge < -0.3 is 10.4 Å². The molecule has 1 atom stereocenters. The predicted octanol–water partition coefficient (Wildman–Crippen LogP) is 1.59. The molecule has 0 heterocycles. The highest BCUT2D eigenvalue weighted by Gasteiger charge is 1.99. The SMILES string of the molecule is CC(CO)CNCCc1cccc(F)c1. The molecule has 1 unspecified atom stereocenters. The van der Waals surface area contributed by atoms with Gasteiger partial charge in [-0.3, -0.25) is 0 Å². The second-order valence-electron chi connectivity index (χ2n) is 3.87. The molecule has 0 aliphatic rings. The molecule has 0 aliphatic heterocycles. The van der Waals surface area contributed by atoms with Crippen LogP contribution in [0, 0.1) is 11.7 Å². The Balaban J connectivity index is 2.20. The van der Waals surface area contributed by atoms with Gasteiger partial charge in [0, 0.05) is 6.61 Å². The van der Waals surface area contributed by atoms with Crippen LogP contribution in [0.25, 0.3) is 0 Å².